The topological polar surface area (TPSA) is 58.6 Å². The van der Waals surface area contributed by atoms with E-state index in [1.54, 1.807) is 23.1 Å². The Labute approximate surface area is 119 Å². The first kappa shape index (κ1) is 16.0. The van der Waals surface area contributed by atoms with Gasteiger partial charge in [-0.05, 0) is 32.0 Å². The van der Waals surface area contributed by atoms with E-state index in [9.17, 15) is 9.59 Å². The maximum atomic E-state index is 11.8. The zero-order valence-corrected chi connectivity index (χ0v) is 12.3. The Hall–Kier alpha value is -2.04. The van der Waals surface area contributed by atoms with Gasteiger partial charge in [0.2, 0.25) is 5.91 Å². The zero-order chi connectivity index (χ0) is 15.0. The first-order valence-electron chi connectivity index (χ1n) is 6.82. The van der Waals surface area contributed by atoms with E-state index in [0.717, 1.165) is 18.8 Å². The van der Waals surface area contributed by atoms with Gasteiger partial charge in [-0.25, -0.2) is 4.79 Å². The molecule has 0 aliphatic carbocycles. The van der Waals surface area contributed by atoms with E-state index in [2.05, 4.69) is 10.1 Å². The summed E-state index contributed by atoms with van der Waals surface area (Å²) in [5, 5.41) is 3.14. The number of amides is 1. The van der Waals surface area contributed by atoms with Crippen LogP contribution in [-0.4, -0.2) is 43.5 Å². The van der Waals surface area contributed by atoms with Gasteiger partial charge >= 0.3 is 5.97 Å². The van der Waals surface area contributed by atoms with Crippen molar-refractivity contribution in [3.63, 3.8) is 0 Å². The van der Waals surface area contributed by atoms with Crippen LogP contribution in [0.15, 0.2) is 24.3 Å². The number of esters is 1. The first-order valence-corrected chi connectivity index (χ1v) is 6.82. The molecule has 0 saturated heterocycles. The van der Waals surface area contributed by atoms with Crippen LogP contribution in [0.5, 0.6) is 0 Å². The van der Waals surface area contributed by atoms with E-state index in [-0.39, 0.29) is 11.9 Å². The van der Waals surface area contributed by atoms with E-state index in [0.29, 0.717) is 18.5 Å². The van der Waals surface area contributed by atoms with Crippen molar-refractivity contribution >= 4 is 17.6 Å². The van der Waals surface area contributed by atoms with Gasteiger partial charge in [-0.15, -0.1) is 0 Å². The maximum absolute atomic E-state index is 11.8. The van der Waals surface area contributed by atoms with Gasteiger partial charge in [-0.2, -0.15) is 0 Å². The smallest absolute Gasteiger partial charge is 0.337 e. The molecule has 0 bridgehead atoms. The summed E-state index contributed by atoms with van der Waals surface area (Å²) in [7, 11) is 1.35. The molecule has 0 radical (unpaired) electrons. The summed E-state index contributed by atoms with van der Waals surface area (Å²) in [6.07, 6.45) is 0.435. The van der Waals surface area contributed by atoms with Gasteiger partial charge in [-0.3, -0.25) is 4.79 Å². The summed E-state index contributed by atoms with van der Waals surface area (Å²) in [6.45, 7) is 5.93. The molecule has 110 valence electrons. The van der Waals surface area contributed by atoms with Crippen molar-refractivity contribution in [1.29, 1.82) is 0 Å². The molecule has 0 fully saturated rings. The third-order valence-electron chi connectivity index (χ3n) is 3.07. The lowest BCUT2D eigenvalue weighted by atomic mass is 10.2. The van der Waals surface area contributed by atoms with Gasteiger partial charge in [0, 0.05) is 31.7 Å². The van der Waals surface area contributed by atoms with Crippen LogP contribution in [0.1, 0.15) is 30.6 Å². The number of ether oxygens (including phenoxy) is 1. The molecular weight excluding hydrogens is 256 g/mol. The van der Waals surface area contributed by atoms with Crippen LogP contribution in [0.4, 0.5) is 5.69 Å². The second-order valence-corrected chi connectivity index (χ2v) is 4.32. The van der Waals surface area contributed by atoms with Crippen molar-refractivity contribution in [2.45, 2.75) is 20.3 Å². The van der Waals surface area contributed by atoms with Gasteiger partial charge in [0.15, 0.2) is 0 Å². The lowest BCUT2D eigenvalue weighted by Crippen LogP contribution is -2.31. The van der Waals surface area contributed by atoms with Crippen molar-refractivity contribution in [2.75, 3.05) is 32.1 Å². The molecule has 1 amide bonds. The molecule has 1 rings (SSSR count). The number of carbonyl (C=O) groups is 2. The molecule has 0 aliphatic rings. The Kier molecular flexibility index (Phi) is 6.56. The van der Waals surface area contributed by atoms with Crippen molar-refractivity contribution in [3.8, 4) is 0 Å². The highest BCUT2D eigenvalue weighted by Crippen LogP contribution is 2.11. The fourth-order valence-corrected chi connectivity index (χ4v) is 1.92. The van der Waals surface area contributed by atoms with E-state index in [4.69, 9.17) is 0 Å². The lowest BCUT2D eigenvalue weighted by Gasteiger charge is -2.18. The Bertz CT molecular complexity index is 456. The molecule has 1 aromatic rings. The minimum absolute atomic E-state index is 0.131. The molecule has 0 spiro atoms. The van der Waals surface area contributed by atoms with Gasteiger partial charge in [-0.1, -0.05) is 6.07 Å². The number of anilines is 1. The molecule has 0 aromatic heterocycles. The van der Waals surface area contributed by atoms with Crippen molar-refractivity contribution in [2.24, 2.45) is 0 Å². The number of nitrogens with one attached hydrogen (secondary N) is 1. The molecule has 0 unspecified atom stereocenters. The van der Waals surface area contributed by atoms with Crippen LogP contribution < -0.4 is 5.32 Å². The Morgan fingerprint density at radius 2 is 1.95 bits per heavy atom. The molecule has 1 N–H and O–H groups in total. The minimum atomic E-state index is -0.368. The number of benzene rings is 1. The van der Waals surface area contributed by atoms with Crippen LogP contribution in [0.2, 0.25) is 0 Å². The molecule has 0 aliphatic heterocycles. The lowest BCUT2D eigenvalue weighted by molar-refractivity contribution is -0.130. The standard InChI is InChI=1S/C15H22N2O3/c1-4-17(5-2)14(18)9-10-16-13-8-6-7-12(11-13)15(19)20-3/h6-8,11,16H,4-5,9-10H2,1-3H3. The van der Waals surface area contributed by atoms with Gasteiger partial charge < -0.3 is 15.0 Å². The highest BCUT2D eigenvalue weighted by atomic mass is 16.5. The van der Waals surface area contributed by atoms with Crippen LogP contribution in [0.3, 0.4) is 0 Å². The van der Waals surface area contributed by atoms with Crippen molar-refractivity contribution in [1.82, 2.24) is 4.90 Å². The summed E-state index contributed by atoms with van der Waals surface area (Å²) in [5.74, 6) is -0.237. The molecule has 20 heavy (non-hydrogen) atoms. The number of hydrogen-bond donors (Lipinski definition) is 1. The normalized spacial score (nSPS) is 9.95. The second kappa shape index (κ2) is 8.19. The Balaban J connectivity index is 2.50. The van der Waals surface area contributed by atoms with Crippen molar-refractivity contribution in [3.05, 3.63) is 29.8 Å². The van der Waals surface area contributed by atoms with E-state index in [1.165, 1.54) is 7.11 Å². The minimum Gasteiger partial charge on any atom is -0.465 e. The summed E-state index contributed by atoms with van der Waals surface area (Å²) in [5.41, 5.74) is 1.30. The average Bonchev–Trinajstić information content (AvgIpc) is 2.48. The summed E-state index contributed by atoms with van der Waals surface area (Å²) in [6, 6.07) is 7.04. The quantitative estimate of drug-likeness (QED) is 0.776. The maximum Gasteiger partial charge on any atom is 0.337 e. The second-order valence-electron chi connectivity index (χ2n) is 4.32. The van der Waals surface area contributed by atoms with E-state index < -0.39 is 0 Å². The summed E-state index contributed by atoms with van der Waals surface area (Å²) in [4.78, 5) is 25.0. The molecule has 0 atom stereocenters. The number of carbonyl (C=O) groups excluding carboxylic acids is 2. The predicted octanol–water partition coefficient (Wildman–Crippen LogP) is 2.14. The predicted molar refractivity (Wildman–Crippen MR) is 78.8 cm³/mol. The SMILES string of the molecule is CCN(CC)C(=O)CCNc1cccc(C(=O)OC)c1. The highest BCUT2D eigenvalue weighted by molar-refractivity contribution is 5.90. The van der Waals surface area contributed by atoms with Crippen molar-refractivity contribution < 1.29 is 14.3 Å². The number of nitrogens with zero attached hydrogens (tertiary/aromatic N) is 1. The molecule has 1 aromatic carbocycles. The third-order valence-corrected chi connectivity index (χ3v) is 3.07. The number of hydrogen-bond acceptors (Lipinski definition) is 4. The Morgan fingerprint density at radius 3 is 2.55 bits per heavy atom. The molecule has 5 heteroatoms. The Morgan fingerprint density at radius 1 is 1.25 bits per heavy atom. The molecule has 0 heterocycles. The van der Waals surface area contributed by atoms with Gasteiger partial charge in [0.05, 0.1) is 12.7 Å². The summed E-state index contributed by atoms with van der Waals surface area (Å²) < 4.78 is 4.67. The number of methoxy groups -OCH3 is 1. The zero-order valence-electron chi connectivity index (χ0n) is 12.3. The fourth-order valence-electron chi connectivity index (χ4n) is 1.92. The first-order chi connectivity index (χ1) is 9.62. The largest absolute Gasteiger partial charge is 0.465 e. The van der Waals surface area contributed by atoms with Crippen LogP contribution >= 0.6 is 0 Å². The third kappa shape index (κ3) is 4.57. The van der Waals surface area contributed by atoms with E-state index in [1.807, 2.05) is 19.9 Å². The van der Waals surface area contributed by atoms with Crippen LogP contribution in [-0.2, 0) is 9.53 Å². The molecule has 5 nitrogen and oxygen atoms in total. The average molecular weight is 278 g/mol. The van der Waals surface area contributed by atoms with E-state index >= 15 is 0 Å². The fraction of sp³-hybridized carbons (Fsp3) is 0.467. The van der Waals surface area contributed by atoms with Gasteiger partial charge in [0.1, 0.15) is 0 Å². The molecule has 0 saturated carbocycles. The van der Waals surface area contributed by atoms with Crippen LogP contribution in [0, 0.1) is 0 Å². The van der Waals surface area contributed by atoms with Gasteiger partial charge in [0.25, 0.3) is 0 Å². The monoisotopic (exact) mass is 278 g/mol. The highest BCUT2D eigenvalue weighted by Gasteiger charge is 2.09. The summed E-state index contributed by atoms with van der Waals surface area (Å²) >= 11 is 0. The molecular formula is C15H22N2O3. The number of rotatable bonds is 7. The van der Waals surface area contributed by atoms with Crippen LogP contribution in [0.25, 0.3) is 0 Å².